The van der Waals surface area contributed by atoms with Gasteiger partial charge in [0, 0.05) is 18.4 Å². The first kappa shape index (κ1) is 15.5. The van der Waals surface area contributed by atoms with E-state index in [1.165, 1.54) is 7.11 Å². The molecule has 5 heteroatoms. The van der Waals surface area contributed by atoms with E-state index < -0.39 is 6.10 Å². The quantitative estimate of drug-likeness (QED) is 0.579. The minimum Gasteiger partial charge on any atom is -0.467 e. The van der Waals surface area contributed by atoms with E-state index in [1.54, 1.807) is 0 Å². The van der Waals surface area contributed by atoms with Gasteiger partial charge in [-0.05, 0) is 39.0 Å². The molecule has 1 amide bonds. The molecule has 22 heavy (non-hydrogen) atoms. The zero-order chi connectivity index (χ0) is 15.7. The van der Waals surface area contributed by atoms with Gasteiger partial charge in [0.05, 0.1) is 19.3 Å². The maximum atomic E-state index is 13.0. The first-order valence-electron chi connectivity index (χ1n) is 8.32. The van der Waals surface area contributed by atoms with Gasteiger partial charge in [-0.1, -0.05) is 12.2 Å². The van der Waals surface area contributed by atoms with Crippen LogP contribution in [0.2, 0.25) is 0 Å². The zero-order valence-electron chi connectivity index (χ0n) is 13.4. The summed E-state index contributed by atoms with van der Waals surface area (Å²) in [7, 11) is 1.38. The van der Waals surface area contributed by atoms with Crippen LogP contribution in [0.25, 0.3) is 0 Å². The fraction of sp³-hybridized carbons (Fsp3) is 0.765. The topological polar surface area (TPSA) is 55.8 Å². The highest BCUT2D eigenvalue weighted by Gasteiger charge is 2.48. The molecule has 122 valence electrons. The van der Waals surface area contributed by atoms with E-state index in [2.05, 4.69) is 19.1 Å². The SMILES string of the molecule is COC(=O)[C@@H]1C[C@@H]2[C@H](CC[C@@H](C)N2C(=O)[C@H]2CC=CCC2)O1. The second kappa shape index (κ2) is 6.41. The summed E-state index contributed by atoms with van der Waals surface area (Å²) in [6.45, 7) is 2.11. The van der Waals surface area contributed by atoms with Crippen molar-refractivity contribution in [3.05, 3.63) is 12.2 Å². The van der Waals surface area contributed by atoms with Gasteiger partial charge in [-0.2, -0.15) is 0 Å². The van der Waals surface area contributed by atoms with Gasteiger partial charge in [0.25, 0.3) is 0 Å². The smallest absolute Gasteiger partial charge is 0.335 e. The number of amides is 1. The molecule has 0 radical (unpaired) electrons. The summed E-state index contributed by atoms with van der Waals surface area (Å²) in [5, 5.41) is 0. The Bertz CT molecular complexity index is 475. The number of piperidine rings is 1. The molecular formula is C17H25NO4. The number of esters is 1. The van der Waals surface area contributed by atoms with E-state index in [9.17, 15) is 9.59 Å². The van der Waals surface area contributed by atoms with Crippen LogP contribution in [0.3, 0.4) is 0 Å². The molecule has 0 unspecified atom stereocenters. The van der Waals surface area contributed by atoms with Crippen LogP contribution < -0.4 is 0 Å². The molecule has 0 aromatic heterocycles. The van der Waals surface area contributed by atoms with Gasteiger partial charge in [0.2, 0.25) is 5.91 Å². The average molecular weight is 307 g/mol. The molecule has 0 aromatic rings. The third kappa shape index (κ3) is 2.78. The molecule has 0 aromatic carbocycles. The molecule has 3 aliphatic rings. The highest BCUT2D eigenvalue weighted by atomic mass is 16.6. The van der Waals surface area contributed by atoms with Crippen LogP contribution in [-0.4, -0.2) is 48.2 Å². The number of likely N-dealkylation sites (tertiary alicyclic amines) is 1. The Morgan fingerprint density at radius 2 is 2.05 bits per heavy atom. The van der Waals surface area contributed by atoms with Crippen LogP contribution in [0, 0.1) is 5.92 Å². The fourth-order valence-electron chi connectivity index (χ4n) is 4.05. The van der Waals surface area contributed by atoms with Crippen LogP contribution in [0.1, 0.15) is 45.4 Å². The fourth-order valence-corrected chi connectivity index (χ4v) is 4.05. The Morgan fingerprint density at radius 1 is 1.23 bits per heavy atom. The predicted octanol–water partition coefficient (Wildman–Crippen LogP) is 2.05. The molecule has 3 rings (SSSR count). The highest BCUT2D eigenvalue weighted by Crippen LogP contribution is 2.37. The van der Waals surface area contributed by atoms with Crippen molar-refractivity contribution in [2.45, 2.75) is 69.7 Å². The van der Waals surface area contributed by atoms with Crippen molar-refractivity contribution >= 4 is 11.9 Å². The number of hydrogen-bond donors (Lipinski definition) is 0. The molecule has 5 atom stereocenters. The number of ether oxygens (including phenoxy) is 2. The molecule has 0 spiro atoms. The molecule has 2 fully saturated rings. The maximum Gasteiger partial charge on any atom is 0.335 e. The zero-order valence-corrected chi connectivity index (χ0v) is 13.4. The Hall–Kier alpha value is -1.36. The average Bonchev–Trinajstić information content (AvgIpc) is 2.98. The standard InChI is InChI=1S/C17H25NO4/c1-11-8-9-14-13(10-15(22-14)17(20)21-2)18(11)16(19)12-6-4-3-5-7-12/h3-4,11-15H,5-10H2,1-2H3/t11-,12+,13-,14+,15+/m1/s1. The van der Waals surface area contributed by atoms with Crippen molar-refractivity contribution in [2.75, 3.05) is 7.11 Å². The molecule has 0 saturated carbocycles. The third-order valence-electron chi connectivity index (χ3n) is 5.26. The van der Waals surface area contributed by atoms with Crippen molar-refractivity contribution in [1.82, 2.24) is 4.90 Å². The van der Waals surface area contributed by atoms with E-state index in [-0.39, 0.29) is 36.0 Å². The van der Waals surface area contributed by atoms with E-state index in [4.69, 9.17) is 9.47 Å². The van der Waals surface area contributed by atoms with Crippen LogP contribution in [-0.2, 0) is 19.1 Å². The molecule has 2 saturated heterocycles. The molecule has 0 bridgehead atoms. The molecular weight excluding hydrogens is 282 g/mol. The first-order valence-corrected chi connectivity index (χ1v) is 8.32. The second-order valence-corrected chi connectivity index (χ2v) is 6.64. The van der Waals surface area contributed by atoms with E-state index >= 15 is 0 Å². The minimum atomic E-state index is -0.521. The third-order valence-corrected chi connectivity index (χ3v) is 5.26. The maximum absolute atomic E-state index is 13.0. The Morgan fingerprint density at radius 3 is 2.73 bits per heavy atom. The number of allylic oxidation sites excluding steroid dienone is 2. The monoisotopic (exact) mass is 307 g/mol. The number of rotatable bonds is 2. The van der Waals surface area contributed by atoms with Gasteiger partial charge < -0.3 is 14.4 Å². The van der Waals surface area contributed by atoms with Gasteiger partial charge in [0.1, 0.15) is 0 Å². The lowest BCUT2D eigenvalue weighted by atomic mass is 9.87. The van der Waals surface area contributed by atoms with Crippen LogP contribution >= 0.6 is 0 Å². The highest BCUT2D eigenvalue weighted by molar-refractivity contribution is 5.81. The molecule has 5 nitrogen and oxygen atoms in total. The first-order chi connectivity index (χ1) is 10.6. The van der Waals surface area contributed by atoms with E-state index in [0.29, 0.717) is 6.42 Å². The van der Waals surface area contributed by atoms with E-state index in [1.807, 2.05) is 4.90 Å². The second-order valence-electron chi connectivity index (χ2n) is 6.64. The Labute approximate surface area is 131 Å². The lowest BCUT2D eigenvalue weighted by Crippen LogP contribution is -2.55. The van der Waals surface area contributed by atoms with Crippen molar-refractivity contribution in [1.29, 1.82) is 0 Å². The predicted molar refractivity (Wildman–Crippen MR) is 81.1 cm³/mol. The normalized spacial score (nSPS) is 37.7. The number of carbonyl (C=O) groups is 2. The lowest BCUT2D eigenvalue weighted by molar-refractivity contribution is -0.154. The number of methoxy groups -OCH3 is 1. The summed E-state index contributed by atoms with van der Waals surface area (Å²) < 4.78 is 10.7. The number of nitrogens with zero attached hydrogens (tertiary/aromatic N) is 1. The summed E-state index contributed by atoms with van der Waals surface area (Å²) in [5.41, 5.74) is 0. The largest absolute Gasteiger partial charge is 0.467 e. The van der Waals surface area contributed by atoms with Gasteiger partial charge >= 0.3 is 5.97 Å². The molecule has 0 N–H and O–H groups in total. The van der Waals surface area contributed by atoms with Crippen LogP contribution in [0.4, 0.5) is 0 Å². The number of fused-ring (bicyclic) bond motifs is 1. The van der Waals surface area contributed by atoms with Crippen molar-refractivity contribution in [3.63, 3.8) is 0 Å². The van der Waals surface area contributed by atoms with Gasteiger partial charge in [-0.15, -0.1) is 0 Å². The van der Waals surface area contributed by atoms with Crippen LogP contribution in [0.15, 0.2) is 12.2 Å². The Kier molecular flexibility index (Phi) is 4.52. The minimum absolute atomic E-state index is 0.0197. The summed E-state index contributed by atoms with van der Waals surface area (Å²) in [4.78, 5) is 26.7. The van der Waals surface area contributed by atoms with Gasteiger partial charge in [0.15, 0.2) is 6.10 Å². The summed E-state index contributed by atoms with van der Waals surface area (Å²) >= 11 is 0. The Balaban J connectivity index is 1.75. The molecule has 2 aliphatic heterocycles. The van der Waals surface area contributed by atoms with Crippen molar-refractivity contribution in [2.24, 2.45) is 5.92 Å². The van der Waals surface area contributed by atoms with Gasteiger partial charge in [-0.3, -0.25) is 4.79 Å². The summed E-state index contributed by atoms with van der Waals surface area (Å²) in [6.07, 6.45) is 8.87. The van der Waals surface area contributed by atoms with Gasteiger partial charge in [-0.25, -0.2) is 4.79 Å². The lowest BCUT2D eigenvalue weighted by Gasteiger charge is -2.43. The van der Waals surface area contributed by atoms with Crippen molar-refractivity contribution < 1.29 is 19.1 Å². The molecule has 2 heterocycles. The van der Waals surface area contributed by atoms with Crippen LogP contribution in [0.5, 0.6) is 0 Å². The van der Waals surface area contributed by atoms with Crippen molar-refractivity contribution in [3.8, 4) is 0 Å². The summed E-state index contributed by atoms with van der Waals surface area (Å²) in [5.74, 6) is -0.000839. The number of carbonyl (C=O) groups excluding carboxylic acids is 2. The van der Waals surface area contributed by atoms with E-state index in [0.717, 1.165) is 32.1 Å². The molecule has 1 aliphatic carbocycles. The summed E-state index contributed by atoms with van der Waals surface area (Å²) in [6, 6.07) is 0.242. The number of hydrogen-bond acceptors (Lipinski definition) is 4.